The molecule has 0 unspecified atom stereocenters. The molecule has 0 N–H and O–H groups in total. The maximum atomic E-state index is 10.7. The first-order valence-corrected chi connectivity index (χ1v) is 6.80. The highest BCUT2D eigenvalue weighted by Crippen LogP contribution is 2.35. The molecule has 1 aromatic rings. The Kier molecular flexibility index (Phi) is 3.49. The molecule has 0 saturated carbocycles. The van der Waals surface area contributed by atoms with Crippen molar-refractivity contribution in [1.82, 2.24) is 4.98 Å². The predicted molar refractivity (Wildman–Crippen MR) is 72.0 cm³/mol. The highest BCUT2D eigenvalue weighted by atomic mass is 35.5. The number of rotatable bonds is 2. The fourth-order valence-electron chi connectivity index (χ4n) is 2.60. The van der Waals surface area contributed by atoms with Gasteiger partial charge >= 0.3 is 0 Å². The van der Waals surface area contributed by atoms with Crippen LogP contribution in [0.25, 0.3) is 0 Å². The second-order valence-electron chi connectivity index (χ2n) is 4.85. The van der Waals surface area contributed by atoms with Gasteiger partial charge in [0.15, 0.2) is 5.79 Å². The predicted octanol–water partition coefficient (Wildman–Crippen LogP) is 1.99. The van der Waals surface area contributed by atoms with Crippen LogP contribution in [0.1, 0.15) is 12.8 Å². The van der Waals surface area contributed by atoms with Crippen molar-refractivity contribution in [3.8, 4) is 0 Å². The fraction of sp³-hybridized carbons (Fsp3) is 0.583. The Morgan fingerprint density at radius 3 is 2.55 bits per heavy atom. The van der Waals surface area contributed by atoms with E-state index in [9.17, 15) is 10.1 Å². The molecule has 0 aromatic carbocycles. The normalized spacial score (nSPS) is 21.4. The van der Waals surface area contributed by atoms with E-state index in [2.05, 4.69) is 4.98 Å². The maximum Gasteiger partial charge on any atom is 0.289 e. The largest absolute Gasteiger partial charge is 0.355 e. The lowest BCUT2D eigenvalue weighted by molar-refractivity contribution is -0.385. The Morgan fingerprint density at radius 2 is 2.00 bits per heavy atom. The molecule has 0 amide bonds. The van der Waals surface area contributed by atoms with Crippen molar-refractivity contribution >= 4 is 23.1 Å². The summed E-state index contributed by atoms with van der Waals surface area (Å²) in [5, 5.41) is 11.0. The van der Waals surface area contributed by atoms with E-state index in [1.54, 1.807) is 0 Å². The molecule has 3 rings (SSSR count). The van der Waals surface area contributed by atoms with Crippen molar-refractivity contribution < 1.29 is 14.4 Å². The molecule has 2 fully saturated rings. The Hall–Kier alpha value is -1.44. The molecule has 20 heavy (non-hydrogen) atoms. The van der Waals surface area contributed by atoms with Crippen LogP contribution in [0.15, 0.2) is 12.3 Å². The van der Waals surface area contributed by atoms with E-state index >= 15 is 0 Å². The molecule has 0 bridgehead atoms. The quantitative estimate of drug-likeness (QED) is 0.614. The molecule has 2 aliphatic heterocycles. The minimum absolute atomic E-state index is 0.102. The zero-order valence-electron chi connectivity index (χ0n) is 10.7. The molecular weight excluding hydrogens is 286 g/mol. The first-order valence-electron chi connectivity index (χ1n) is 6.42. The molecule has 2 saturated heterocycles. The molecule has 1 spiro atoms. The molecule has 3 heterocycles. The SMILES string of the molecule is O=[N+]([O-])c1cnc(N2CCC3(CC2)OCCO3)c(Cl)c1. The average Bonchev–Trinajstić information content (AvgIpc) is 2.88. The molecule has 1 aromatic heterocycles. The Bertz CT molecular complexity index is 523. The summed E-state index contributed by atoms with van der Waals surface area (Å²) in [6, 6.07) is 1.33. The molecular formula is C12H14ClN3O4. The van der Waals surface area contributed by atoms with Crippen LogP contribution in [-0.2, 0) is 9.47 Å². The van der Waals surface area contributed by atoms with Gasteiger partial charge in [0.1, 0.15) is 12.0 Å². The summed E-state index contributed by atoms with van der Waals surface area (Å²) in [5.41, 5.74) is -0.102. The zero-order chi connectivity index (χ0) is 14.2. The summed E-state index contributed by atoms with van der Waals surface area (Å²) in [5.74, 6) is 0.120. The lowest BCUT2D eigenvalue weighted by atomic mass is 10.0. The monoisotopic (exact) mass is 299 g/mol. The van der Waals surface area contributed by atoms with Gasteiger partial charge in [-0.15, -0.1) is 0 Å². The molecule has 2 aliphatic rings. The standard InChI is InChI=1S/C12H14ClN3O4/c13-10-7-9(16(17)18)8-14-11(10)15-3-1-12(2-4-15)19-5-6-20-12/h7-8H,1-6H2. The van der Waals surface area contributed by atoms with Crippen molar-refractivity contribution in [3.63, 3.8) is 0 Å². The topological polar surface area (TPSA) is 77.7 Å². The number of anilines is 1. The number of ether oxygens (including phenoxy) is 2. The molecule has 8 heteroatoms. The smallest absolute Gasteiger partial charge is 0.289 e. The summed E-state index contributed by atoms with van der Waals surface area (Å²) >= 11 is 6.09. The molecule has 0 atom stereocenters. The zero-order valence-corrected chi connectivity index (χ0v) is 11.5. The Morgan fingerprint density at radius 1 is 1.35 bits per heavy atom. The van der Waals surface area contributed by atoms with Crippen LogP contribution < -0.4 is 4.90 Å². The third kappa shape index (κ3) is 2.44. The van der Waals surface area contributed by atoms with Crippen molar-refractivity contribution in [2.75, 3.05) is 31.2 Å². The third-order valence-electron chi connectivity index (χ3n) is 3.66. The van der Waals surface area contributed by atoms with E-state index in [4.69, 9.17) is 21.1 Å². The number of halogens is 1. The second-order valence-corrected chi connectivity index (χ2v) is 5.26. The van der Waals surface area contributed by atoms with Gasteiger partial charge in [-0.05, 0) is 0 Å². The lowest BCUT2D eigenvalue weighted by Gasteiger charge is -2.38. The number of piperidine rings is 1. The minimum atomic E-state index is -0.506. The van der Waals surface area contributed by atoms with Gasteiger partial charge in [-0.2, -0.15) is 0 Å². The summed E-state index contributed by atoms with van der Waals surface area (Å²) in [6.45, 7) is 2.67. The van der Waals surface area contributed by atoms with E-state index < -0.39 is 10.7 Å². The second kappa shape index (κ2) is 5.16. The van der Waals surface area contributed by atoms with Crippen LogP contribution >= 0.6 is 11.6 Å². The van der Waals surface area contributed by atoms with Crippen LogP contribution in [0.2, 0.25) is 5.02 Å². The van der Waals surface area contributed by atoms with Gasteiger partial charge in [0.2, 0.25) is 0 Å². The summed E-state index contributed by atoms with van der Waals surface area (Å²) in [6.07, 6.45) is 2.71. The van der Waals surface area contributed by atoms with Gasteiger partial charge in [-0.1, -0.05) is 11.6 Å². The van der Waals surface area contributed by atoms with E-state index in [1.165, 1.54) is 12.3 Å². The summed E-state index contributed by atoms with van der Waals surface area (Å²) in [7, 11) is 0. The Balaban J connectivity index is 1.73. The highest BCUT2D eigenvalue weighted by Gasteiger charge is 2.40. The van der Waals surface area contributed by atoms with Gasteiger partial charge in [-0.25, -0.2) is 4.98 Å². The van der Waals surface area contributed by atoms with E-state index in [0.717, 1.165) is 12.8 Å². The van der Waals surface area contributed by atoms with Gasteiger partial charge in [0, 0.05) is 32.0 Å². The Labute approximate surface area is 120 Å². The number of nitrogens with zero attached hydrogens (tertiary/aromatic N) is 3. The van der Waals surface area contributed by atoms with Crippen molar-refractivity contribution in [2.45, 2.75) is 18.6 Å². The van der Waals surface area contributed by atoms with Crippen LogP contribution in [0.5, 0.6) is 0 Å². The van der Waals surface area contributed by atoms with Crippen molar-refractivity contribution in [3.05, 3.63) is 27.4 Å². The molecule has 0 radical (unpaired) electrons. The van der Waals surface area contributed by atoms with Crippen molar-refractivity contribution in [1.29, 1.82) is 0 Å². The van der Waals surface area contributed by atoms with Gasteiger partial charge in [0.25, 0.3) is 5.69 Å². The van der Waals surface area contributed by atoms with Gasteiger partial charge < -0.3 is 14.4 Å². The summed E-state index contributed by atoms with van der Waals surface area (Å²) in [4.78, 5) is 16.3. The van der Waals surface area contributed by atoms with E-state index in [0.29, 0.717) is 37.1 Å². The number of hydrogen-bond donors (Lipinski definition) is 0. The first-order chi connectivity index (χ1) is 9.60. The minimum Gasteiger partial charge on any atom is -0.355 e. The maximum absolute atomic E-state index is 10.7. The molecule has 7 nitrogen and oxygen atoms in total. The molecule has 0 aliphatic carbocycles. The van der Waals surface area contributed by atoms with E-state index in [-0.39, 0.29) is 5.69 Å². The van der Waals surface area contributed by atoms with Crippen LogP contribution in [-0.4, -0.2) is 42.0 Å². The van der Waals surface area contributed by atoms with Crippen LogP contribution in [0.3, 0.4) is 0 Å². The van der Waals surface area contributed by atoms with Crippen LogP contribution in [0.4, 0.5) is 11.5 Å². The lowest BCUT2D eigenvalue weighted by Crippen LogP contribution is -2.45. The number of hydrogen-bond acceptors (Lipinski definition) is 6. The van der Waals surface area contributed by atoms with E-state index in [1.807, 2.05) is 4.90 Å². The molecule has 108 valence electrons. The van der Waals surface area contributed by atoms with Crippen molar-refractivity contribution in [2.24, 2.45) is 0 Å². The first kappa shape index (κ1) is 13.5. The highest BCUT2D eigenvalue weighted by molar-refractivity contribution is 6.33. The average molecular weight is 300 g/mol. The van der Waals surface area contributed by atoms with Gasteiger partial charge in [0.05, 0.1) is 23.2 Å². The summed E-state index contributed by atoms with van der Waals surface area (Å²) < 4.78 is 11.3. The number of pyridine rings is 1. The number of nitro groups is 1. The third-order valence-corrected chi connectivity index (χ3v) is 3.93. The number of aromatic nitrogens is 1. The van der Waals surface area contributed by atoms with Gasteiger partial charge in [-0.3, -0.25) is 10.1 Å². The van der Waals surface area contributed by atoms with Crippen LogP contribution in [0, 0.1) is 10.1 Å². The fourth-order valence-corrected chi connectivity index (χ4v) is 2.88.